The molecule has 1 aromatic rings. The van der Waals surface area contributed by atoms with Crippen molar-refractivity contribution in [3.05, 3.63) is 18.1 Å². The SMILES string of the molecule is COC1CN(c2cnc(C(N)=NO)cn2)CCC1C. The molecule has 2 rings (SSSR count). The van der Waals surface area contributed by atoms with Crippen molar-refractivity contribution < 1.29 is 9.94 Å². The van der Waals surface area contributed by atoms with E-state index in [4.69, 9.17) is 15.7 Å². The third-order valence-corrected chi connectivity index (χ3v) is 3.52. The van der Waals surface area contributed by atoms with Gasteiger partial charge in [0.2, 0.25) is 0 Å². The Kier molecular flexibility index (Phi) is 4.16. The van der Waals surface area contributed by atoms with Gasteiger partial charge in [0.25, 0.3) is 0 Å². The smallest absolute Gasteiger partial charge is 0.190 e. The molecule has 2 atom stereocenters. The number of anilines is 1. The van der Waals surface area contributed by atoms with Crippen LogP contribution in [0.1, 0.15) is 19.0 Å². The highest BCUT2D eigenvalue weighted by molar-refractivity contribution is 5.94. The van der Waals surface area contributed by atoms with Crippen LogP contribution in [-0.2, 0) is 4.74 Å². The van der Waals surface area contributed by atoms with Crippen molar-refractivity contribution in [2.24, 2.45) is 16.8 Å². The van der Waals surface area contributed by atoms with E-state index in [2.05, 4.69) is 26.9 Å². The van der Waals surface area contributed by atoms with Crippen LogP contribution in [0.25, 0.3) is 0 Å². The molecule has 1 fully saturated rings. The number of aromatic nitrogens is 2. The standard InChI is InChI=1S/C12H19N5O2/c1-8-3-4-17(7-10(8)19-2)11-6-14-9(5-15-11)12(13)16-18/h5-6,8,10,18H,3-4,7H2,1-2H3,(H2,13,16). The lowest BCUT2D eigenvalue weighted by molar-refractivity contribution is 0.0496. The van der Waals surface area contributed by atoms with Crippen molar-refractivity contribution in [2.75, 3.05) is 25.1 Å². The van der Waals surface area contributed by atoms with Gasteiger partial charge in [0, 0.05) is 20.2 Å². The normalized spacial score (nSPS) is 24.5. The Morgan fingerprint density at radius 1 is 1.53 bits per heavy atom. The quantitative estimate of drug-likeness (QED) is 0.356. The molecular weight excluding hydrogens is 246 g/mol. The lowest BCUT2D eigenvalue weighted by atomic mass is 9.96. The molecule has 0 saturated carbocycles. The van der Waals surface area contributed by atoms with Gasteiger partial charge in [-0.1, -0.05) is 12.1 Å². The lowest BCUT2D eigenvalue weighted by Crippen LogP contribution is -2.44. The number of nitrogens with two attached hydrogens (primary N) is 1. The maximum atomic E-state index is 8.57. The van der Waals surface area contributed by atoms with E-state index in [-0.39, 0.29) is 11.9 Å². The highest BCUT2D eigenvalue weighted by Crippen LogP contribution is 2.22. The fourth-order valence-electron chi connectivity index (χ4n) is 2.22. The van der Waals surface area contributed by atoms with Crippen molar-refractivity contribution in [1.82, 2.24) is 9.97 Å². The van der Waals surface area contributed by atoms with E-state index in [0.29, 0.717) is 11.6 Å². The average Bonchev–Trinajstić information content (AvgIpc) is 2.47. The third-order valence-electron chi connectivity index (χ3n) is 3.52. The van der Waals surface area contributed by atoms with Crippen LogP contribution in [0.2, 0.25) is 0 Å². The molecule has 19 heavy (non-hydrogen) atoms. The van der Waals surface area contributed by atoms with Crippen molar-refractivity contribution in [3.63, 3.8) is 0 Å². The van der Waals surface area contributed by atoms with Gasteiger partial charge in [-0.25, -0.2) is 9.97 Å². The van der Waals surface area contributed by atoms with E-state index in [1.807, 2.05) is 0 Å². The van der Waals surface area contributed by atoms with Gasteiger partial charge in [-0.3, -0.25) is 0 Å². The first-order valence-corrected chi connectivity index (χ1v) is 6.23. The number of nitrogens with zero attached hydrogens (tertiary/aromatic N) is 4. The molecule has 1 aromatic heterocycles. The van der Waals surface area contributed by atoms with Gasteiger partial charge < -0.3 is 20.6 Å². The topological polar surface area (TPSA) is 96.9 Å². The molecule has 0 aliphatic carbocycles. The zero-order valence-electron chi connectivity index (χ0n) is 11.2. The minimum atomic E-state index is -0.0407. The Morgan fingerprint density at radius 3 is 2.89 bits per heavy atom. The summed E-state index contributed by atoms with van der Waals surface area (Å²) in [6, 6.07) is 0. The number of rotatable bonds is 3. The minimum Gasteiger partial charge on any atom is -0.409 e. The number of ether oxygens (including phenoxy) is 1. The zero-order chi connectivity index (χ0) is 13.8. The van der Waals surface area contributed by atoms with E-state index in [0.717, 1.165) is 25.3 Å². The molecule has 1 saturated heterocycles. The Morgan fingerprint density at radius 2 is 2.32 bits per heavy atom. The van der Waals surface area contributed by atoms with Crippen molar-refractivity contribution >= 4 is 11.7 Å². The second-order valence-electron chi connectivity index (χ2n) is 4.73. The Labute approximate surface area is 112 Å². The van der Waals surface area contributed by atoms with Crippen LogP contribution in [0.5, 0.6) is 0 Å². The number of amidine groups is 1. The van der Waals surface area contributed by atoms with Crippen molar-refractivity contribution in [2.45, 2.75) is 19.4 Å². The molecule has 0 amide bonds. The Balaban J connectivity index is 2.10. The molecule has 0 spiro atoms. The highest BCUT2D eigenvalue weighted by Gasteiger charge is 2.26. The third kappa shape index (κ3) is 2.93. The zero-order valence-corrected chi connectivity index (χ0v) is 11.2. The summed E-state index contributed by atoms with van der Waals surface area (Å²) in [4.78, 5) is 10.6. The molecule has 0 bridgehead atoms. The molecule has 3 N–H and O–H groups in total. The molecule has 2 heterocycles. The molecule has 1 aliphatic rings. The fourth-order valence-corrected chi connectivity index (χ4v) is 2.22. The van der Waals surface area contributed by atoms with Gasteiger partial charge in [-0.2, -0.15) is 0 Å². The molecule has 1 aliphatic heterocycles. The summed E-state index contributed by atoms with van der Waals surface area (Å²) < 4.78 is 5.47. The summed E-state index contributed by atoms with van der Waals surface area (Å²) in [5.41, 5.74) is 5.81. The van der Waals surface area contributed by atoms with Gasteiger partial charge in [-0.15, -0.1) is 0 Å². The van der Waals surface area contributed by atoms with E-state index in [1.165, 1.54) is 6.20 Å². The monoisotopic (exact) mass is 265 g/mol. The van der Waals surface area contributed by atoms with Crippen LogP contribution in [-0.4, -0.2) is 47.3 Å². The number of hydrogen-bond donors (Lipinski definition) is 2. The average molecular weight is 265 g/mol. The molecule has 2 unspecified atom stereocenters. The van der Waals surface area contributed by atoms with Crippen LogP contribution in [0.4, 0.5) is 5.82 Å². The van der Waals surface area contributed by atoms with Crippen LogP contribution >= 0.6 is 0 Å². The van der Waals surface area contributed by atoms with E-state index < -0.39 is 0 Å². The van der Waals surface area contributed by atoms with Crippen molar-refractivity contribution in [1.29, 1.82) is 0 Å². The van der Waals surface area contributed by atoms with E-state index in [9.17, 15) is 0 Å². The lowest BCUT2D eigenvalue weighted by Gasteiger charge is -2.36. The maximum absolute atomic E-state index is 8.57. The number of piperidine rings is 1. The highest BCUT2D eigenvalue weighted by atomic mass is 16.5. The summed E-state index contributed by atoms with van der Waals surface area (Å²) in [6.45, 7) is 3.92. The number of methoxy groups -OCH3 is 1. The summed E-state index contributed by atoms with van der Waals surface area (Å²) in [5, 5.41) is 11.5. The first-order chi connectivity index (χ1) is 9.15. The van der Waals surface area contributed by atoms with Crippen LogP contribution in [0.15, 0.2) is 17.5 Å². The molecule has 0 aromatic carbocycles. The Bertz CT molecular complexity index is 448. The van der Waals surface area contributed by atoms with Gasteiger partial charge in [0.15, 0.2) is 5.84 Å². The molecule has 7 nitrogen and oxygen atoms in total. The predicted octanol–water partition coefficient (Wildman–Crippen LogP) is 0.432. The van der Waals surface area contributed by atoms with Gasteiger partial charge >= 0.3 is 0 Å². The number of hydrogen-bond acceptors (Lipinski definition) is 6. The molecular formula is C12H19N5O2. The van der Waals surface area contributed by atoms with Gasteiger partial charge in [-0.05, 0) is 12.3 Å². The number of oxime groups is 1. The van der Waals surface area contributed by atoms with Crippen molar-refractivity contribution in [3.8, 4) is 0 Å². The van der Waals surface area contributed by atoms with Crippen LogP contribution < -0.4 is 10.6 Å². The van der Waals surface area contributed by atoms with Gasteiger partial charge in [0.05, 0.1) is 18.5 Å². The summed E-state index contributed by atoms with van der Waals surface area (Å²) >= 11 is 0. The largest absolute Gasteiger partial charge is 0.409 e. The first kappa shape index (κ1) is 13.5. The van der Waals surface area contributed by atoms with Gasteiger partial charge in [0.1, 0.15) is 11.5 Å². The molecule has 7 heteroatoms. The van der Waals surface area contributed by atoms with Crippen LogP contribution in [0.3, 0.4) is 0 Å². The minimum absolute atomic E-state index is 0.0407. The van der Waals surface area contributed by atoms with E-state index >= 15 is 0 Å². The summed E-state index contributed by atoms with van der Waals surface area (Å²) in [6.07, 6.45) is 4.40. The summed E-state index contributed by atoms with van der Waals surface area (Å²) in [5.74, 6) is 1.29. The second kappa shape index (κ2) is 5.83. The molecule has 104 valence electrons. The molecule has 0 radical (unpaired) electrons. The summed E-state index contributed by atoms with van der Waals surface area (Å²) in [7, 11) is 1.73. The Hall–Kier alpha value is -1.89. The second-order valence-corrected chi connectivity index (χ2v) is 4.73. The predicted molar refractivity (Wildman–Crippen MR) is 71.3 cm³/mol. The fraction of sp³-hybridized carbons (Fsp3) is 0.583. The first-order valence-electron chi connectivity index (χ1n) is 6.23. The van der Waals surface area contributed by atoms with E-state index in [1.54, 1.807) is 13.3 Å². The van der Waals surface area contributed by atoms with Crippen LogP contribution in [0, 0.1) is 5.92 Å². The maximum Gasteiger partial charge on any atom is 0.190 e.